The van der Waals surface area contributed by atoms with E-state index in [1.165, 1.54) is 5.56 Å². The van der Waals surface area contributed by atoms with Gasteiger partial charge in [-0.2, -0.15) is 0 Å². The third-order valence-electron chi connectivity index (χ3n) is 2.08. The fraction of sp³-hybridized carbons (Fsp3) is 0.167. The quantitative estimate of drug-likeness (QED) is 0.737. The molecule has 0 fully saturated rings. The van der Waals surface area contributed by atoms with Crippen molar-refractivity contribution in [3.63, 3.8) is 0 Å². The van der Waals surface area contributed by atoms with Gasteiger partial charge in [-0.3, -0.25) is 0 Å². The minimum Gasteiger partial charge on any atom is -0.485 e. The van der Waals surface area contributed by atoms with Crippen molar-refractivity contribution in [3.05, 3.63) is 52.7 Å². The van der Waals surface area contributed by atoms with Crippen molar-refractivity contribution in [2.24, 2.45) is 0 Å². The van der Waals surface area contributed by atoms with Crippen LogP contribution in [0.1, 0.15) is 18.6 Å². The van der Waals surface area contributed by atoms with E-state index in [0.29, 0.717) is 0 Å². The molecular weight excluding hydrogens is 192 g/mol. The van der Waals surface area contributed by atoms with Gasteiger partial charge in [-0.05, 0) is 23.9 Å². The summed E-state index contributed by atoms with van der Waals surface area (Å²) in [4.78, 5) is 0. The van der Waals surface area contributed by atoms with Gasteiger partial charge in [0, 0.05) is 5.38 Å². The van der Waals surface area contributed by atoms with Crippen LogP contribution in [-0.2, 0) is 0 Å². The molecule has 14 heavy (non-hydrogen) atoms. The van der Waals surface area contributed by atoms with E-state index in [-0.39, 0.29) is 6.10 Å². The first kappa shape index (κ1) is 9.28. The first-order valence-corrected chi connectivity index (χ1v) is 5.54. The lowest BCUT2D eigenvalue weighted by molar-refractivity contribution is 0.228. The van der Waals surface area contributed by atoms with Crippen LogP contribution in [0.4, 0.5) is 0 Å². The van der Waals surface area contributed by atoms with Gasteiger partial charge in [0.25, 0.3) is 0 Å². The highest BCUT2D eigenvalue weighted by atomic mass is 32.1. The molecule has 1 heterocycles. The molecule has 0 spiro atoms. The molecule has 0 N–H and O–H groups in total. The second-order valence-electron chi connectivity index (χ2n) is 3.13. The predicted octanol–water partition coefficient (Wildman–Crippen LogP) is 3.89. The molecular formula is C12H12OS. The molecule has 2 heteroatoms. The smallest absolute Gasteiger partial charge is 0.130 e. The summed E-state index contributed by atoms with van der Waals surface area (Å²) in [5.74, 6) is 0.950. The number of ether oxygens (including phenoxy) is 1. The average Bonchev–Trinajstić information content (AvgIpc) is 2.72. The zero-order chi connectivity index (χ0) is 9.80. The number of thiophene rings is 1. The van der Waals surface area contributed by atoms with Gasteiger partial charge in [-0.15, -0.1) is 11.3 Å². The van der Waals surface area contributed by atoms with Gasteiger partial charge in [0.1, 0.15) is 11.9 Å². The lowest BCUT2D eigenvalue weighted by atomic mass is 10.1. The van der Waals surface area contributed by atoms with E-state index in [1.807, 2.05) is 35.0 Å². The molecule has 0 aliphatic rings. The zero-order valence-electron chi connectivity index (χ0n) is 8.01. The lowest BCUT2D eigenvalue weighted by Crippen LogP contribution is -2.01. The molecule has 1 nitrogen and oxygen atoms in total. The number of benzene rings is 1. The fourth-order valence-electron chi connectivity index (χ4n) is 1.32. The molecule has 0 aliphatic carbocycles. The second-order valence-corrected chi connectivity index (χ2v) is 3.91. The van der Waals surface area contributed by atoms with E-state index >= 15 is 0 Å². The maximum atomic E-state index is 5.75. The van der Waals surface area contributed by atoms with E-state index < -0.39 is 0 Å². The van der Waals surface area contributed by atoms with E-state index in [4.69, 9.17) is 4.74 Å². The van der Waals surface area contributed by atoms with Gasteiger partial charge >= 0.3 is 0 Å². The Kier molecular flexibility index (Phi) is 2.84. The summed E-state index contributed by atoms with van der Waals surface area (Å²) in [6, 6.07) is 12.2. The highest BCUT2D eigenvalue weighted by molar-refractivity contribution is 7.08. The molecule has 1 aromatic carbocycles. The van der Waals surface area contributed by atoms with Crippen molar-refractivity contribution >= 4 is 11.3 Å². The largest absolute Gasteiger partial charge is 0.485 e. The molecule has 0 amide bonds. The Morgan fingerprint density at radius 2 is 1.93 bits per heavy atom. The van der Waals surface area contributed by atoms with Crippen LogP contribution in [-0.4, -0.2) is 0 Å². The van der Waals surface area contributed by atoms with Crippen molar-refractivity contribution in [3.8, 4) is 5.75 Å². The molecule has 2 rings (SSSR count). The molecule has 72 valence electrons. The normalized spacial score (nSPS) is 12.4. The Hall–Kier alpha value is -1.28. The first-order chi connectivity index (χ1) is 6.86. The molecule has 1 aromatic heterocycles. The van der Waals surface area contributed by atoms with E-state index in [9.17, 15) is 0 Å². The summed E-state index contributed by atoms with van der Waals surface area (Å²) < 4.78 is 5.75. The minimum absolute atomic E-state index is 0.116. The first-order valence-electron chi connectivity index (χ1n) is 4.60. The highest BCUT2D eigenvalue weighted by Crippen LogP contribution is 2.23. The molecule has 2 aromatic rings. The third kappa shape index (κ3) is 2.15. The van der Waals surface area contributed by atoms with Crippen LogP contribution in [0.15, 0.2) is 47.2 Å². The van der Waals surface area contributed by atoms with Gasteiger partial charge < -0.3 is 4.74 Å². The van der Waals surface area contributed by atoms with Crippen molar-refractivity contribution in [2.75, 3.05) is 0 Å². The number of rotatable bonds is 3. The molecule has 0 bridgehead atoms. The van der Waals surface area contributed by atoms with Crippen LogP contribution < -0.4 is 4.74 Å². The van der Waals surface area contributed by atoms with E-state index in [0.717, 1.165) is 5.75 Å². The molecule has 0 radical (unpaired) electrons. The maximum absolute atomic E-state index is 5.75. The fourth-order valence-corrected chi connectivity index (χ4v) is 1.87. The summed E-state index contributed by atoms with van der Waals surface area (Å²) in [5, 5.41) is 4.03. The van der Waals surface area contributed by atoms with E-state index in [2.05, 4.69) is 19.1 Å². The molecule has 0 saturated heterocycles. The summed E-state index contributed by atoms with van der Waals surface area (Å²) in [7, 11) is 0. The Labute approximate surface area is 88.0 Å². The van der Waals surface area contributed by atoms with Gasteiger partial charge in [-0.1, -0.05) is 30.3 Å². The topological polar surface area (TPSA) is 9.23 Å². The van der Waals surface area contributed by atoms with Crippen molar-refractivity contribution in [1.29, 1.82) is 0 Å². The van der Waals surface area contributed by atoms with Crippen LogP contribution in [0.5, 0.6) is 5.75 Å². The highest BCUT2D eigenvalue weighted by Gasteiger charge is 2.05. The van der Waals surface area contributed by atoms with Crippen molar-refractivity contribution in [1.82, 2.24) is 0 Å². The Balaban J connectivity index is 2.07. The predicted molar refractivity (Wildman–Crippen MR) is 59.8 cm³/mol. The molecule has 0 aliphatic heterocycles. The SMILES string of the molecule is CC(Oc1ccsc1)c1ccccc1. The van der Waals surface area contributed by atoms with Gasteiger partial charge in [0.15, 0.2) is 0 Å². The Bertz CT molecular complexity index is 366. The molecule has 0 saturated carbocycles. The van der Waals surface area contributed by atoms with Crippen LogP contribution in [0.3, 0.4) is 0 Å². The van der Waals surface area contributed by atoms with Gasteiger partial charge in [0.05, 0.1) is 0 Å². The van der Waals surface area contributed by atoms with Gasteiger partial charge in [0.2, 0.25) is 0 Å². The van der Waals surface area contributed by atoms with Crippen LogP contribution in [0, 0.1) is 0 Å². The minimum atomic E-state index is 0.116. The Morgan fingerprint density at radius 3 is 2.57 bits per heavy atom. The van der Waals surface area contributed by atoms with Crippen molar-refractivity contribution in [2.45, 2.75) is 13.0 Å². The molecule has 1 unspecified atom stereocenters. The number of hydrogen-bond acceptors (Lipinski definition) is 2. The summed E-state index contributed by atoms with van der Waals surface area (Å²) in [5.41, 5.74) is 1.21. The Morgan fingerprint density at radius 1 is 1.14 bits per heavy atom. The van der Waals surface area contributed by atoms with Crippen LogP contribution in [0.2, 0.25) is 0 Å². The maximum Gasteiger partial charge on any atom is 0.130 e. The average molecular weight is 204 g/mol. The van der Waals surface area contributed by atoms with E-state index in [1.54, 1.807) is 11.3 Å². The van der Waals surface area contributed by atoms with Crippen LogP contribution >= 0.6 is 11.3 Å². The monoisotopic (exact) mass is 204 g/mol. The summed E-state index contributed by atoms with van der Waals surface area (Å²) >= 11 is 1.65. The second kappa shape index (κ2) is 4.29. The summed E-state index contributed by atoms with van der Waals surface area (Å²) in [6.07, 6.45) is 0.116. The summed E-state index contributed by atoms with van der Waals surface area (Å²) in [6.45, 7) is 2.06. The lowest BCUT2D eigenvalue weighted by Gasteiger charge is -2.13. The number of hydrogen-bond donors (Lipinski definition) is 0. The molecule has 1 atom stereocenters. The third-order valence-corrected chi connectivity index (χ3v) is 2.74. The van der Waals surface area contributed by atoms with Crippen molar-refractivity contribution < 1.29 is 4.74 Å². The van der Waals surface area contributed by atoms with Crippen LogP contribution in [0.25, 0.3) is 0 Å². The van der Waals surface area contributed by atoms with Gasteiger partial charge in [-0.25, -0.2) is 0 Å². The standard InChI is InChI=1S/C12H12OS/c1-10(11-5-3-2-4-6-11)13-12-7-8-14-9-12/h2-10H,1H3. The zero-order valence-corrected chi connectivity index (χ0v) is 8.83.